The second kappa shape index (κ2) is 7.15. The molecule has 1 N–H and O–H groups in total. The van der Waals surface area contributed by atoms with Crippen molar-refractivity contribution >= 4 is 11.6 Å². The number of hydrogen-bond donors (Lipinski definition) is 1. The largest absolute Gasteiger partial charge is 0.493 e. The number of hydrogen-bond acceptors (Lipinski definition) is 4. The second-order valence-corrected chi connectivity index (χ2v) is 4.76. The summed E-state index contributed by atoms with van der Waals surface area (Å²) in [5, 5.41) is 9.50. The molecule has 2 rings (SSSR count). The molecule has 0 radical (unpaired) electrons. The Bertz CT molecular complexity index is 669. The van der Waals surface area contributed by atoms with Crippen LogP contribution >= 0.6 is 11.6 Å². The van der Waals surface area contributed by atoms with Crippen molar-refractivity contribution in [2.45, 2.75) is 13.2 Å². The number of aromatic nitrogens is 1. The fourth-order valence-electron chi connectivity index (χ4n) is 1.90. The van der Waals surface area contributed by atoms with Gasteiger partial charge in [0.2, 0.25) is 0 Å². The van der Waals surface area contributed by atoms with Gasteiger partial charge in [-0.3, -0.25) is 4.79 Å². The van der Waals surface area contributed by atoms with Crippen molar-refractivity contribution in [3.8, 4) is 11.5 Å². The standard InChI is InChI=1S/C15H16ClNO4/c1-20-13-9-11(10-18)8-12(16)15(13)21-7-6-17-5-3-2-4-14(17)19/h2-5,8-9,18H,6-7,10H2,1H3. The first-order chi connectivity index (χ1) is 10.2. The Morgan fingerprint density at radius 2 is 2.14 bits per heavy atom. The molecule has 0 fully saturated rings. The Morgan fingerprint density at radius 1 is 1.33 bits per heavy atom. The van der Waals surface area contributed by atoms with Gasteiger partial charge < -0.3 is 19.1 Å². The van der Waals surface area contributed by atoms with Gasteiger partial charge in [0.05, 0.1) is 25.3 Å². The molecule has 0 amide bonds. The molecule has 0 bridgehead atoms. The molecular weight excluding hydrogens is 294 g/mol. The molecule has 0 aliphatic rings. The molecular formula is C15H16ClNO4. The van der Waals surface area contributed by atoms with Gasteiger partial charge in [-0.15, -0.1) is 0 Å². The second-order valence-electron chi connectivity index (χ2n) is 4.35. The maximum atomic E-state index is 11.6. The highest BCUT2D eigenvalue weighted by molar-refractivity contribution is 6.32. The normalized spacial score (nSPS) is 10.4. The summed E-state index contributed by atoms with van der Waals surface area (Å²) in [6.07, 6.45) is 1.69. The fourth-order valence-corrected chi connectivity index (χ4v) is 2.18. The smallest absolute Gasteiger partial charge is 0.250 e. The van der Waals surface area contributed by atoms with Gasteiger partial charge in [-0.05, 0) is 23.8 Å². The predicted octanol–water partition coefficient (Wildman–Crippen LogP) is 2.08. The minimum Gasteiger partial charge on any atom is -0.493 e. The number of rotatable bonds is 6. The maximum absolute atomic E-state index is 11.6. The maximum Gasteiger partial charge on any atom is 0.250 e. The lowest BCUT2D eigenvalue weighted by molar-refractivity contribution is 0.271. The Balaban J connectivity index is 2.10. The fraction of sp³-hybridized carbons (Fsp3) is 0.267. The van der Waals surface area contributed by atoms with E-state index in [1.54, 1.807) is 35.0 Å². The minimum absolute atomic E-state index is 0.0882. The van der Waals surface area contributed by atoms with E-state index in [9.17, 15) is 4.79 Å². The molecule has 5 nitrogen and oxygen atoms in total. The van der Waals surface area contributed by atoms with Crippen molar-refractivity contribution in [1.29, 1.82) is 0 Å². The summed E-state index contributed by atoms with van der Waals surface area (Å²) >= 11 is 6.12. The number of methoxy groups -OCH3 is 1. The summed E-state index contributed by atoms with van der Waals surface area (Å²) in [5.41, 5.74) is 0.554. The number of ether oxygens (including phenoxy) is 2. The van der Waals surface area contributed by atoms with Gasteiger partial charge in [-0.25, -0.2) is 0 Å². The molecule has 0 atom stereocenters. The van der Waals surface area contributed by atoms with Crippen LogP contribution in [0.4, 0.5) is 0 Å². The number of aliphatic hydroxyl groups excluding tert-OH is 1. The van der Waals surface area contributed by atoms with Gasteiger partial charge in [0, 0.05) is 12.3 Å². The van der Waals surface area contributed by atoms with E-state index >= 15 is 0 Å². The first-order valence-corrected chi connectivity index (χ1v) is 6.79. The van der Waals surface area contributed by atoms with Gasteiger partial charge in [0.25, 0.3) is 5.56 Å². The van der Waals surface area contributed by atoms with Gasteiger partial charge in [-0.1, -0.05) is 17.7 Å². The molecule has 0 saturated heterocycles. The van der Waals surface area contributed by atoms with E-state index in [1.807, 2.05) is 0 Å². The highest BCUT2D eigenvalue weighted by Gasteiger charge is 2.11. The zero-order chi connectivity index (χ0) is 15.2. The molecule has 0 saturated carbocycles. The average Bonchev–Trinajstić information content (AvgIpc) is 2.50. The number of halogens is 1. The Labute approximate surface area is 127 Å². The number of aliphatic hydroxyl groups is 1. The van der Waals surface area contributed by atoms with E-state index in [0.29, 0.717) is 28.6 Å². The third kappa shape index (κ3) is 3.77. The Hall–Kier alpha value is -1.98. The van der Waals surface area contributed by atoms with Crippen molar-refractivity contribution < 1.29 is 14.6 Å². The average molecular weight is 310 g/mol. The SMILES string of the molecule is COc1cc(CO)cc(Cl)c1OCCn1ccccc1=O. The molecule has 1 aromatic carbocycles. The van der Waals surface area contributed by atoms with Crippen molar-refractivity contribution in [2.24, 2.45) is 0 Å². The quantitative estimate of drug-likeness (QED) is 0.887. The molecule has 0 aliphatic heterocycles. The Morgan fingerprint density at radius 3 is 2.81 bits per heavy atom. The lowest BCUT2D eigenvalue weighted by Crippen LogP contribution is -2.21. The molecule has 0 spiro atoms. The summed E-state index contributed by atoms with van der Waals surface area (Å²) < 4.78 is 12.4. The zero-order valence-electron chi connectivity index (χ0n) is 11.6. The molecule has 0 unspecified atom stereocenters. The van der Waals surface area contributed by atoms with Gasteiger partial charge in [0.15, 0.2) is 11.5 Å². The predicted molar refractivity (Wildman–Crippen MR) is 80.1 cm³/mol. The Kier molecular flexibility index (Phi) is 5.25. The molecule has 112 valence electrons. The van der Waals surface area contributed by atoms with E-state index in [1.165, 1.54) is 13.2 Å². The van der Waals surface area contributed by atoms with Crippen molar-refractivity contribution in [2.75, 3.05) is 13.7 Å². The third-order valence-electron chi connectivity index (χ3n) is 2.95. The first-order valence-electron chi connectivity index (χ1n) is 6.41. The van der Waals surface area contributed by atoms with E-state index in [2.05, 4.69) is 0 Å². The molecule has 1 aromatic heterocycles. The summed E-state index contributed by atoms with van der Waals surface area (Å²) in [6, 6.07) is 8.24. The van der Waals surface area contributed by atoms with Crippen LogP contribution in [0.15, 0.2) is 41.3 Å². The van der Waals surface area contributed by atoms with Crippen LogP contribution in [0.3, 0.4) is 0 Å². The molecule has 21 heavy (non-hydrogen) atoms. The van der Waals surface area contributed by atoms with E-state index in [4.69, 9.17) is 26.2 Å². The summed E-state index contributed by atoms with van der Waals surface area (Å²) in [4.78, 5) is 11.6. The van der Waals surface area contributed by atoms with Crippen LogP contribution < -0.4 is 15.0 Å². The molecule has 2 aromatic rings. The van der Waals surface area contributed by atoms with Crippen molar-refractivity contribution in [3.05, 3.63) is 57.5 Å². The van der Waals surface area contributed by atoms with Crippen molar-refractivity contribution in [1.82, 2.24) is 4.57 Å². The number of nitrogens with zero attached hydrogens (tertiary/aromatic N) is 1. The molecule has 6 heteroatoms. The highest BCUT2D eigenvalue weighted by Crippen LogP contribution is 2.36. The minimum atomic E-state index is -0.129. The van der Waals surface area contributed by atoms with E-state index < -0.39 is 0 Å². The number of benzene rings is 1. The first kappa shape index (κ1) is 15.4. The number of pyridine rings is 1. The van der Waals surface area contributed by atoms with Crippen LogP contribution in [-0.4, -0.2) is 23.4 Å². The monoisotopic (exact) mass is 309 g/mol. The van der Waals surface area contributed by atoms with E-state index in [-0.39, 0.29) is 18.8 Å². The van der Waals surface area contributed by atoms with Gasteiger partial charge in [0.1, 0.15) is 6.61 Å². The topological polar surface area (TPSA) is 60.7 Å². The van der Waals surface area contributed by atoms with E-state index in [0.717, 1.165) is 0 Å². The molecule has 1 heterocycles. The summed E-state index contributed by atoms with van der Waals surface area (Å²) in [5.74, 6) is 0.854. The summed E-state index contributed by atoms with van der Waals surface area (Å²) in [7, 11) is 1.50. The zero-order valence-corrected chi connectivity index (χ0v) is 12.3. The lowest BCUT2D eigenvalue weighted by Gasteiger charge is -2.14. The van der Waals surface area contributed by atoms with Crippen LogP contribution in [-0.2, 0) is 13.2 Å². The van der Waals surface area contributed by atoms with Crippen LogP contribution in [0.1, 0.15) is 5.56 Å². The van der Waals surface area contributed by atoms with Crippen LogP contribution in [0.2, 0.25) is 5.02 Å². The van der Waals surface area contributed by atoms with Crippen LogP contribution in [0.5, 0.6) is 11.5 Å². The van der Waals surface area contributed by atoms with Gasteiger partial charge in [-0.2, -0.15) is 0 Å². The van der Waals surface area contributed by atoms with Gasteiger partial charge >= 0.3 is 0 Å². The third-order valence-corrected chi connectivity index (χ3v) is 3.23. The van der Waals surface area contributed by atoms with Crippen LogP contribution in [0, 0.1) is 0 Å². The van der Waals surface area contributed by atoms with Crippen molar-refractivity contribution in [3.63, 3.8) is 0 Å². The lowest BCUT2D eigenvalue weighted by atomic mass is 10.2. The van der Waals surface area contributed by atoms with Crippen LogP contribution in [0.25, 0.3) is 0 Å². The molecule has 0 aliphatic carbocycles. The highest BCUT2D eigenvalue weighted by atomic mass is 35.5. The summed E-state index contributed by atoms with van der Waals surface area (Å²) in [6.45, 7) is 0.551.